The van der Waals surface area contributed by atoms with E-state index >= 15 is 0 Å². The van der Waals surface area contributed by atoms with E-state index in [1.807, 2.05) is 43.3 Å². The number of amides is 2. The van der Waals surface area contributed by atoms with Crippen LogP contribution in [-0.2, 0) is 16.1 Å². The van der Waals surface area contributed by atoms with E-state index in [0.29, 0.717) is 11.3 Å². The van der Waals surface area contributed by atoms with E-state index in [4.69, 9.17) is 9.47 Å². The molecule has 2 amide bonds. The number of nitrogens with zero attached hydrogens (tertiary/aromatic N) is 1. The lowest BCUT2D eigenvalue weighted by atomic mass is 10.1. The zero-order chi connectivity index (χ0) is 21.4. The number of hydrogen-bond acceptors (Lipinski definition) is 6. The summed E-state index contributed by atoms with van der Waals surface area (Å²) in [5.74, 6) is -0.442. The van der Waals surface area contributed by atoms with Crippen LogP contribution in [0.3, 0.4) is 0 Å². The van der Waals surface area contributed by atoms with Crippen molar-refractivity contribution in [1.29, 1.82) is 0 Å². The molecule has 1 unspecified atom stereocenters. The molecular weight excluding hydrogens is 374 g/mol. The van der Waals surface area contributed by atoms with E-state index in [1.54, 1.807) is 19.2 Å². The van der Waals surface area contributed by atoms with Crippen LogP contribution < -0.4 is 20.1 Å². The number of hydrogen-bond donors (Lipinski definition) is 3. The molecule has 3 N–H and O–H groups in total. The Hall–Kier alpha value is -3.26. The van der Waals surface area contributed by atoms with E-state index in [1.165, 1.54) is 13.2 Å². The summed E-state index contributed by atoms with van der Waals surface area (Å²) in [5, 5.41) is 15.0. The standard InChI is InChI=1S/C21H27N3O5/c1-24(2)17(15-6-5-7-16(11-15)28-3)13-23-21(27)20(26)22-12-14-8-9-19(29-4)18(25)10-14/h5-11,17,25H,12-13H2,1-4H3,(H,22,26)(H,23,27). The summed E-state index contributed by atoms with van der Waals surface area (Å²) in [4.78, 5) is 26.2. The van der Waals surface area contributed by atoms with Crippen LogP contribution in [0.25, 0.3) is 0 Å². The average Bonchev–Trinajstić information content (AvgIpc) is 2.72. The van der Waals surface area contributed by atoms with E-state index in [9.17, 15) is 14.7 Å². The van der Waals surface area contributed by atoms with Gasteiger partial charge in [-0.2, -0.15) is 0 Å². The Kier molecular flexibility index (Phi) is 7.85. The summed E-state index contributed by atoms with van der Waals surface area (Å²) in [6.45, 7) is 0.368. The maximum absolute atomic E-state index is 12.2. The quantitative estimate of drug-likeness (QED) is 0.579. The Morgan fingerprint density at radius 2 is 1.76 bits per heavy atom. The van der Waals surface area contributed by atoms with Crippen LogP contribution >= 0.6 is 0 Å². The van der Waals surface area contributed by atoms with Crippen LogP contribution in [0.1, 0.15) is 17.2 Å². The molecule has 0 aliphatic carbocycles. The van der Waals surface area contributed by atoms with Gasteiger partial charge in [-0.15, -0.1) is 0 Å². The summed E-state index contributed by atoms with van der Waals surface area (Å²) in [6, 6.07) is 12.2. The van der Waals surface area contributed by atoms with Crippen LogP contribution in [0.5, 0.6) is 17.2 Å². The molecule has 0 heterocycles. The number of likely N-dealkylation sites (N-methyl/N-ethyl adjacent to an activating group) is 1. The first-order valence-electron chi connectivity index (χ1n) is 9.08. The first-order valence-corrected chi connectivity index (χ1v) is 9.08. The highest BCUT2D eigenvalue weighted by Crippen LogP contribution is 2.26. The largest absolute Gasteiger partial charge is 0.504 e. The van der Waals surface area contributed by atoms with E-state index < -0.39 is 11.8 Å². The maximum atomic E-state index is 12.2. The average molecular weight is 401 g/mol. The SMILES string of the molecule is COc1cccc(C(CNC(=O)C(=O)NCc2ccc(OC)c(O)c2)N(C)C)c1. The summed E-state index contributed by atoms with van der Waals surface area (Å²) in [6.07, 6.45) is 0. The molecule has 1 atom stereocenters. The van der Waals surface area contributed by atoms with Crippen LogP contribution in [-0.4, -0.2) is 56.7 Å². The minimum absolute atomic E-state index is 0.0317. The molecule has 0 aliphatic heterocycles. The fourth-order valence-electron chi connectivity index (χ4n) is 2.83. The number of rotatable bonds is 8. The third-order valence-electron chi connectivity index (χ3n) is 4.46. The van der Waals surface area contributed by atoms with Gasteiger partial charge in [0.25, 0.3) is 0 Å². The van der Waals surface area contributed by atoms with Crippen molar-refractivity contribution in [3.8, 4) is 17.2 Å². The number of ether oxygens (including phenoxy) is 2. The van der Waals surface area contributed by atoms with Crippen molar-refractivity contribution in [3.63, 3.8) is 0 Å². The van der Waals surface area contributed by atoms with Crippen molar-refractivity contribution < 1.29 is 24.2 Å². The van der Waals surface area contributed by atoms with Gasteiger partial charge in [0.15, 0.2) is 11.5 Å². The molecule has 8 heteroatoms. The molecule has 0 saturated heterocycles. The number of nitrogens with one attached hydrogen (secondary N) is 2. The highest BCUT2D eigenvalue weighted by molar-refractivity contribution is 6.35. The van der Waals surface area contributed by atoms with Gasteiger partial charge in [-0.05, 0) is 49.5 Å². The molecule has 0 saturated carbocycles. The summed E-state index contributed by atoms with van der Waals surface area (Å²) >= 11 is 0. The fourth-order valence-corrected chi connectivity index (χ4v) is 2.83. The lowest BCUT2D eigenvalue weighted by Gasteiger charge is -2.25. The first-order chi connectivity index (χ1) is 13.8. The molecule has 0 spiro atoms. The molecule has 156 valence electrons. The van der Waals surface area contributed by atoms with Gasteiger partial charge in [-0.25, -0.2) is 0 Å². The van der Waals surface area contributed by atoms with E-state index in [0.717, 1.165) is 11.3 Å². The van der Waals surface area contributed by atoms with Gasteiger partial charge in [0.2, 0.25) is 0 Å². The summed E-state index contributed by atoms with van der Waals surface area (Å²) in [7, 11) is 6.84. The lowest BCUT2D eigenvalue weighted by molar-refractivity contribution is -0.139. The van der Waals surface area contributed by atoms with Crippen molar-refractivity contribution in [2.24, 2.45) is 0 Å². The number of aromatic hydroxyl groups is 1. The van der Waals surface area contributed by atoms with Gasteiger partial charge in [0.1, 0.15) is 5.75 Å². The first kappa shape index (κ1) is 22.0. The highest BCUT2D eigenvalue weighted by atomic mass is 16.5. The molecular formula is C21H27N3O5. The number of carbonyl (C=O) groups excluding carboxylic acids is 2. The smallest absolute Gasteiger partial charge is 0.309 e. The van der Waals surface area contributed by atoms with Crippen molar-refractivity contribution in [1.82, 2.24) is 15.5 Å². The molecule has 29 heavy (non-hydrogen) atoms. The second-order valence-electron chi connectivity index (χ2n) is 6.65. The van der Waals surface area contributed by atoms with E-state index in [-0.39, 0.29) is 24.9 Å². The Morgan fingerprint density at radius 3 is 2.38 bits per heavy atom. The van der Waals surface area contributed by atoms with Crippen LogP contribution in [0.2, 0.25) is 0 Å². The third kappa shape index (κ3) is 6.11. The van der Waals surface area contributed by atoms with Gasteiger partial charge in [-0.3, -0.25) is 9.59 Å². The molecule has 2 rings (SSSR count). The maximum Gasteiger partial charge on any atom is 0.309 e. The van der Waals surface area contributed by atoms with Crippen molar-refractivity contribution in [2.45, 2.75) is 12.6 Å². The molecule has 8 nitrogen and oxygen atoms in total. The Balaban J connectivity index is 1.92. The second kappa shape index (κ2) is 10.3. The minimum atomic E-state index is -0.747. The zero-order valence-electron chi connectivity index (χ0n) is 17.1. The van der Waals surface area contributed by atoms with Crippen LogP contribution in [0.15, 0.2) is 42.5 Å². The van der Waals surface area contributed by atoms with Crippen molar-refractivity contribution in [3.05, 3.63) is 53.6 Å². The number of phenolic OH excluding ortho intramolecular Hbond substituents is 1. The topological polar surface area (TPSA) is 100 Å². The Bertz CT molecular complexity index is 854. The fraction of sp³-hybridized carbons (Fsp3) is 0.333. The number of carbonyl (C=O) groups is 2. The van der Waals surface area contributed by atoms with Gasteiger partial charge in [0.05, 0.1) is 20.3 Å². The molecule has 2 aromatic carbocycles. The molecule has 0 fully saturated rings. The van der Waals surface area contributed by atoms with Crippen molar-refractivity contribution in [2.75, 3.05) is 34.9 Å². The normalized spacial score (nSPS) is 11.6. The van der Waals surface area contributed by atoms with Gasteiger partial charge in [-0.1, -0.05) is 18.2 Å². The van der Waals surface area contributed by atoms with Gasteiger partial charge < -0.3 is 30.1 Å². The summed E-state index contributed by atoms with van der Waals surface area (Å²) < 4.78 is 10.2. The molecule has 0 aliphatic rings. The van der Waals surface area contributed by atoms with Crippen LogP contribution in [0.4, 0.5) is 0 Å². The predicted octanol–water partition coefficient (Wildman–Crippen LogP) is 1.44. The Labute approximate surface area is 170 Å². The van der Waals surface area contributed by atoms with Crippen molar-refractivity contribution >= 4 is 11.8 Å². The lowest BCUT2D eigenvalue weighted by Crippen LogP contribution is -2.42. The predicted molar refractivity (Wildman–Crippen MR) is 109 cm³/mol. The number of benzene rings is 2. The minimum Gasteiger partial charge on any atom is -0.504 e. The van der Waals surface area contributed by atoms with Gasteiger partial charge in [0, 0.05) is 13.1 Å². The second-order valence-corrected chi connectivity index (χ2v) is 6.65. The van der Waals surface area contributed by atoms with Crippen LogP contribution in [0, 0.1) is 0 Å². The highest BCUT2D eigenvalue weighted by Gasteiger charge is 2.19. The van der Waals surface area contributed by atoms with E-state index in [2.05, 4.69) is 10.6 Å². The number of methoxy groups -OCH3 is 2. The third-order valence-corrected chi connectivity index (χ3v) is 4.46. The zero-order valence-corrected chi connectivity index (χ0v) is 17.1. The number of phenols is 1. The molecule has 0 bridgehead atoms. The monoisotopic (exact) mass is 401 g/mol. The molecule has 2 aromatic rings. The Morgan fingerprint density at radius 1 is 1.03 bits per heavy atom. The molecule has 0 radical (unpaired) electrons. The summed E-state index contributed by atoms with van der Waals surface area (Å²) in [5.41, 5.74) is 1.61. The van der Waals surface area contributed by atoms with Gasteiger partial charge >= 0.3 is 11.8 Å². The molecule has 0 aromatic heterocycles.